The molecule has 0 fully saturated rings. The number of likely N-dealkylation sites (N-methyl/N-ethyl adjacent to an activating group) is 1. The van der Waals surface area contributed by atoms with Gasteiger partial charge >= 0.3 is 0 Å². The molecule has 0 aliphatic heterocycles. The van der Waals surface area contributed by atoms with E-state index in [1.165, 1.54) is 0 Å². The lowest BCUT2D eigenvalue weighted by molar-refractivity contribution is -0.128. The predicted octanol–water partition coefficient (Wildman–Crippen LogP) is 2.46. The first-order valence-corrected chi connectivity index (χ1v) is 6.24. The van der Waals surface area contributed by atoms with Gasteiger partial charge in [0, 0.05) is 6.54 Å². The summed E-state index contributed by atoms with van der Waals surface area (Å²) in [6, 6.07) is 7.83. The average molecular weight is 256 g/mol. The molecule has 4 heteroatoms. The van der Waals surface area contributed by atoms with E-state index in [1.807, 2.05) is 38.1 Å². The molecule has 0 bridgehead atoms. The molecule has 17 heavy (non-hydrogen) atoms. The summed E-state index contributed by atoms with van der Waals surface area (Å²) in [5, 5.41) is 0. The molecule has 1 aromatic carbocycles. The van der Waals surface area contributed by atoms with Gasteiger partial charge < -0.3 is 9.64 Å². The number of alkyl halides is 1. The Morgan fingerprint density at radius 1 is 1.41 bits per heavy atom. The highest BCUT2D eigenvalue weighted by Crippen LogP contribution is 2.15. The predicted molar refractivity (Wildman–Crippen MR) is 69.6 cm³/mol. The van der Waals surface area contributed by atoms with Crippen LogP contribution in [0.15, 0.2) is 24.3 Å². The second-order valence-electron chi connectivity index (χ2n) is 3.72. The van der Waals surface area contributed by atoms with Gasteiger partial charge in [0.1, 0.15) is 18.2 Å². The molecule has 0 aromatic heterocycles. The zero-order chi connectivity index (χ0) is 12.7. The van der Waals surface area contributed by atoms with Gasteiger partial charge in [0.2, 0.25) is 5.91 Å². The number of carbonyl (C=O) groups is 1. The summed E-state index contributed by atoms with van der Waals surface area (Å²) in [6.07, 6.45) is 0. The third-order valence-electron chi connectivity index (χ3n) is 2.56. The fourth-order valence-corrected chi connectivity index (χ4v) is 1.70. The number of halogens is 1. The third-order valence-corrected chi connectivity index (χ3v) is 2.79. The maximum absolute atomic E-state index is 11.4. The lowest BCUT2D eigenvalue weighted by Gasteiger charge is -2.20. The maximum Gasteiger partial charge on any atom is 0.237 e. The Morgan fingerprint density at radius 3 is 2.71 bits per heavy atom. The second kappa shape index (κ2) is 7.17. The number of benzene rings is 1. The van der Waals surface area contributed by atoms with Crippen LogP contribution in [0.4, 0.5) is 0 Å². The molecule has 94 valence electrons. The van der Waals surface area contributed by atoms with E-state index >= 15 is 0 Å². The third kappa shape index (κ3) is 4.27. The van der Waals surface area contributed by atoms with E-state index in [0.29, 0.717) is 19.7 Å². The van der Waals surface area contributed by atoms with Crippen LogP contribution >= 0.6 is 11.6 Å². The molecule has 0 aliphatic rings. The van der Waals surface area contributed by atoms with E-state index in [2.05, 4.69) is 0 Å². The molecule has 0 unspecified atom stereocenters. The molecule has 0 radical (unpaired) electrons. The van der Waals surface area contributed by atoms with Gasteiger partial charge in [-0.25, -0.2) is 0 Å². The SMILES string of the molecule is CCN(CCOc1ccccc1C)C(=O)CCl. The molecule has 1 rings (SSSR count). The monoisotopic (exact) mass is 255 g/mol. The van der Waals surface area contributed by atoms with Gasteiger partial charge in [0.15, 0.2) is 0 Å². The number of para-hydroxylation sites is 1. The molecule has 0 aliphatic carbocycles. The van der Waals surface area contributed by atoms with Gasteiger partial charge in [-0.2, -0.15) is 0 Å². The number of aryl methyl sites for hydroxylation is 1. The minimum Gasteiger partial charge on any atom is -0.491 e. The summed E-state index contributed by atoms with van der Waals surface area (Å²) in [6.45, 7) is 5.63. The van der Waals surface area contributed by atoms with Crippen molar-refractivity contribution in [1.29, 1.82) is 0 Å². The first-order valence-electron chi connectivity index (χ1n) is 5.71. The lowest BCUT2D eigenvalue weighted by atomic mass is 10.2. The van der Waals surface area contributed by atoms with Crippen molar-refractivity contribution in [2.75, 3.05) is 25.6 Å². The number of hydrogen-bond acceptors (Lipinski definition) is 2. The van der Waals surface area contributed by atoms with Crippen molar-refractivity contribution in [2.24, 2.45) is 0 Å². The summed E-state index contributed by atoms with van der Waals surface area (Å²) in [4.78, 5) is 13.1. The minimum atomic E-state index is -0.0532. The van der Waals surface area contributed by atoms with Gasteiger partial charge in [0.25, 0.3) is 0 Å². The van der Waals surface area contributed by atoms with Crippen molar-refractivity contribution in [3.8, 4) is 5.75 Å². The number of ether oxygens (including phenoxy) is 1. The first kappa shape index (κ1) is 13.8. The summed E-state index contributed by atoms with van der Waals surface area (Å²) in [7, 11) is 0. The summed E-state index contributed by atoms with van der Waals surface area (Å²) in [5.41, 5.74) is 1.10. The Kier molecular flexibility index (Phi) is 5.84. The Morgan fingerprint density at radius 2 is 2.12 bits per heavy atom. The number of rotatable bonds is 6. The summed E-state index contributed by atoms with van der Waals surface area (Å²) < 4.78 is 5.63. The Bertz CT molecular complexity index is 368. The highest BCUT2D eigenvalue weighted by molar-refractivity contribution is 6.27. The lowest BCUT2D eigenvalue weighted by Crippen LogP contribution is -2.35. The molecular weight excluding hydrogens is 238 g/mol. The standard InChI is InChI=1S/C13H18ClNO2/c1-3-15(13(16)10-14)8-9-17-12-7-5-4-6-11(12)2/h4-7H,3,8-10H2,1-2H3. The van der Waals surface area contributed by atoms with Crippen molar-refractivity contribution in [1.82, 2.24) is 4.90 Å². The van der Waals surface area contributed by atoms with E-state index in [1.54, 1.807) is 4.90 Å². The summed E-state index contributed by atoms with van der Waals surface area (Å²) in [5.74, 6) is 0.836. The van der Waals surface area contributed by atoms with Crippen LogP contribution in [0.2, 0.25) is 0 Å². The van der Waals surface area contributed by atoms with Crippen molar-refractivity contribution in [2.45, 2.75) is 13.8 Å². The molecule has 1 amide bonds. The van der Waals surface area contributed by atoms with Crippen LogP contribution in [0.5, 0.6) is 5.75 Å². The molecule has 0 N–H and O–H groups in total. The Hall–Kier alpha value is -1.22. The van der Waals surface area contributed by atoms with E-state index in [-0.39, 0.29) is 11.8 Å². The minimum absolute atomic E-state index is 0.0260. The van der Waals surface area contributed by atoms with Crippen molar-refractivity contribution in [3.63, 3.8) is 0 Å². The van der Waals surface area contributed by atoms with Crippen molar-refractivity contribution >= 4 is 17.5 Å². The Labute approximate surface area is 107 Å². The fraction of sp³-hybridized carbons (Fsp3) is 0.462. The van der Waals surface area contributed by atoms with Crippen LogP contribution in [0.1, 0.15) is 12.5 Å². The van der Waals surface area contributed by atoms with Gasteiger partial charge in [-0.05, 0) is 25.5 Å². The van der Waals surface area contributed by atoms with Crippen molar-refractivity contribution < 1.29 is 9.53 Å². The first-order chi connectivity index (χ1) is 8.19. The molecule has 0 spiro atoms. The number of hydrogen-bond donors (Lipinski definition) is 0. The quantitative estimate of drug-likeness (QED) is 0.731. The van der Waals surface area contributed by atoms with E-state index in [9.17, 15) is 4.79 Å². The van der Waals surface area contributed by atoms with Gasteiger partial charge in [0.05, 0.1) is 6.54 Å². The molecular formula is C13H18ClNO2. The molecule has 1 aromatic rings. The number of carbonyl (C=O) groups excluding carboxylic acids is 1. The van der Waals surface area contributed by atoms with Crippen LogP contribution in [0, 0.1) is 6.92 Å². The zero-order valence-corrected chi connectivity index (χ0v) is 11.0. The van der Waals surface area contributed by atoms with Gasteiger partial charge in [-0.1, -0.05) is 18.2 Å². The van der Waals surface area contributed by atoms with E-state index < -0.39 is 0 Å². The van der Waals surface area contributed by atoms with Crippen LogP contribution in [-0.2, 0) is 4.79 Å². The zero-order valence-electron chi connectivity index (χ0n) is 10.3. The number of nitrogens with zero attached hydrogens (tertiary/aromatic N) is 1. The Balaban J connectivity index is 2.42. The van der Waals surface area contributed by atoms with E-state index in [0.717, 1.165) is 11.3 Å². The van der Waals surface area contributed by atoms with Crippen molar-refractivity contribution in [3.05, 3.63) is 29.8 Å². The van der Waals surface area contributed by atoms with E-state index in [4.69, 9.17) is 16.3 Å². The normalized spacial score (nSPS) is 10.1. The largest absolute Gasteiger partial charge is 0.491 e. The smallest absolute Gasteiger partial charge is 0.237 e. The highest BCUT2D eigenvalue weighted by atomic mass is 35.5. The number of amides is 1. The molecule has 3 nitrogen and oxygen atoms in total. The topological polar surface area (TPSA) is 29.5 Å². The second-order valence-corrected chi connectivity index (χ2v) is 3.99. The van der Waals surface area contributed by atoms with Crippen LogP contribution in [0.25, 0.3) is 0 Å². The molecule has 0 heterocycles. The molecule has 0 saturated carbocycles. The molecule has 0 atom stereocenters. The molecule has 0 saturated heterocycles. The van der Waals surface area contributed by atoms with Crippen LogP contribution in [-0.4, -0.2) is 36.4 Å². The summed E-state index contributed by atoms with van der Waals surface area (Å²) >= 11 is 5.51. The average Bonchev–Trinajstić information content (AvgIpc) is 2.36. The van der Waals surface area contributed by atoms with Crippen LogP contribution in [0.3, 0.4) is 0 Å². The highest BCUT2D eigenvalue weighted by Gasteiger charge is 2.09. The maximum atomic E-state index is 11.4. The van der Waals surface area contributed by atoms with Crippen LogP contribution < -0.4 is 4.74 Å². The van der Waals surface area contributed by atoms with Gasteiger partial charge in [-0.3, -0.25) is 4.79 Å². The fourth-order valence-electron chi connectivity index (χ4n) is 1.53. The van der Waals surface area contributed by atoms with Gasteiger partial charge in [-0.15, -0.1) is 11.6 Å².